The first-order valence-electron chi connectivity index (χ1n) is 5.74. The smallest absolute Gasteiger partial charge is 0.316 e. The Kier molecular flexibility index (Phi) is 6.41. The van der Waals surface area contributed by atoms with Crippen LogP contribution in [0.4, 0.5) is 0 Å². The van der Waals surface area contributed by atoms with E-state index in [1.165, 1.54) is 11.8 Å². The summed E-state index contributed by atoms with van der Waals surface area (Å²) in [5.74, 6) is 0.672. The number of hydrogen-bond acceptors (Lipinski definition) is 4. The first-order valence-corrected chi connectivity index (χ1v) is 6.90. The van der Waals surface area contributed by atoms with Gasteiger partial charge in [-0.2, -0.15) is 0 Å². The molecule has 0 aromatic carbocycles. The van der Waals surface area contributed by atoms with E-state index in [-0.39, 0.29) is 5.97 Å². The maximum absolute atomic E-state index is 11.4. The minimum Gasteiger partial charge on any atom is -0.459 e. The SMILES string of the molecule is CCC(O)(CC)CSCC(=O)OC(C)(C)C. The minimum atomic E-state index is -0.646. The first kappa shape index (κ1) is 15.8. The van der Waals surface area contributed by atoms with Crippen LogP contribution in [0.3, 0.4) is 0 Å². The van der Waals surface area contributed by atoms with Crippen molar-refractivity contribution in [3.63, 3.8) is 0 Å². The molecular weight excluding hydrogens is 224 g/mol. The van der Waals surface area contributed by atoms with Crippen molar-refractivity contribution in [1.82, 2.24) is 0 Å². The highest BCUT2D eigenvalue weighted by Crippen LogP contribution is 2.21. The molecule has 0 atom stereocenters. The zero-order chi connectivity index (χ0) is 12.8. The molecular formula is C12H24O3S. The van der Waals surface area contributed by atoms with Gasteiger partial charge in [0.05, 0.1) is 11.4 Å². The van der Waals surface area contributed by atoms with Gasteiger partial charge in [-0.15, -0.1) is 11.8 Å². The number of hydrogen-bond donors (Lipinski definition) is 1. The number of aliphatic hydroxyl groups is 1. The van der Waals surface area contributed by atoms with Crippen molar-refractivity contribution < 1.29 is 14.6 Å². The Morgan fingerprint density at radius 3 is 2.12 bits per heavy atom. The van der Waals surface area contributed by atoms with Crippen LogP contribution in [0.25, 0.3) is 0 Å². The van der Waals surface area contributed by atoms with Gasteiger partial charge in [-0.3, -0.25) is 4.79 Å². The van der Waals surface area contributed by atoms with Crippen molar-refractivity contribution >= 4 is 17.7 Å². The molecule has 0 amide bonds. The van der Waals surface area contributed by atoms with Gasteiger partial charge in [-0.25, -0.2) is 0 Å². The zero-order valence-electron chi connectivity index (χ0n) is 11.0. The third-order valence-corrected chi connectivity index (χ3v) is 3.51. The van der Waals surface area contributed by atoms with E-state index in [0.29, 0.717) is 24.3 Å². The standard InChI is InChI=1S/C12H24O3S/c1-6-12(14,7-2)9-16-8-10(13)15-11(3,4)5/h14H,6-9H2,1-5H3. The van der Waals surface area contributed by atoms with E-state index in [1.54, 1.807) is 0 Å². The molecule has 0 saturated heterocycles. The third kappa shape index (κ3) is 7.12. The molecule has 0 aliphatic carbocycles. The van der Waals surface area contributed by atoms with E-state index in [9.17, 15) is 9.90 Å². The molecule has 96 valence electrons. The van der Waals surface area contributed by atoms with Crippen LogP contribution in [0.2, 0.25) is 0 Å². The van der Waals surface area contributed by atoms with Gasteiger partial charge in [0.2, 0.25) is 0 Å². The zero-order valence-corrected chi connectivity index (χ0v) is 11.8. The Balaban J connectivity index is 3.86. The van der Waals surface area contributed by atoms with E-state index in [4.69, 9.17) is 4.74 Å². The summed E-state index contributed by atoms with van der Waals surface area (Å²) in [5.41, 5.74) is -1.07. The second-order valence-electron chi connectivity index (χ2n) is 5.01. The molecule has 3 nitrogen and oxygen atoms in total. The molecule has 0 radical (unpaired) electrons. The molecule has 0 aromatic heterocycles. The third-order valence-electron chi connectivity index (χ3n) is 2.33. The number of carbonyl (C=O) groups excluding carboxylic acids is 1. The van der Waals surface area contributed by atoms with Crippen LogP contribution in [-0.2, 0) is 9.53 Å². The fourth-order valence-corrected chi connectivity index (χ4v) is 2.27. The second-order valence-corrected chi connectivity index (χ2v) is 6.00. The number of rotatable bonds is 6. The van der Waals surface area contributed by atoms with Crippen molar-refractivity contribution in [2.45, 2.75) is 58.7 Å². The van der Waals surface area contributed by atoms with Crippen molar-refractivity contribution in [2.75, 3.05) is 11.5 Å². The van der Waals surface area contributed by atoms with E-state index < -0.39 is 11.2 Å². The lowest BCUT2D eigenvalue weighted by atomic mass is 10.0. The predicted octanol–water partition coefficient (Wildman–Crippen LogP) is 2.61. The van der Waals surface area contributed by atoms with Crippen LogP contribution in [0.1, 0.15) is 47.5 Å². The van der Waals surface area contributed by atoms with Crippen LogP contribution < -0.4 is 0 Å². The van der Waals surface area contributed by atoms with Gasteiger partial charge in [0, 0.05) is 5.75 Å². The van der Waals surface area contributed by atoms with E-state index >= 15 is 0 Å². The monoisotopic (exact) mass is 248 g/mol. The molecule has 4 heteroatoms. The molecule has 0 aromatic rings. The van der Waals surface area contributed by atoms with Crippen molar-refractivity contribution in [2.24, 2.45) is 0 Å². The molecule has 1 N–H and O–H groups in total. The maximum Gasteiger partial charge on any atom is 0.316 e. The predicted molar refractivity (Wildman–Crippen MR) is 68.7 cm³/mol. The Bertz CT molecular complexity index is 217. The normalized spacial score (nSPS) is 12.6. The van der Waals surface area contributed by atoms with Gasteiger partial charge in [0.1, 0.15) is 5.60 Å². The summed E-state index contributed by atoms with van der Waals surface area (Å²) in [5, 5.41) is 10.0. The summed E-state index contributed by atoms with van der Waals surface area (Å²) >= 11 is 1.43. The topological polar surface area (TPSA) is 46.5 Å². The van der Waals surface area contributed by atoms with Crippen LogP contribution in [0.15, 0.2) is 0 Å². The fraction of sp³-hybridized carbons (Fsp3) is 0.917. The van der Waals surface area contributed by atoms with Crippen molar-refractivity contribution in [3.05, 3.63) is 0 Å². The quantitative estimate of drug-likeness (QED) is 0.734. The molecule has 0 aliphatic heterocycles. The summed E-state index contributed by atoms with van der Waals surface area (Å²) in [6.45, 7) is 9.47. The van der Waals surface area contributed by atoms with Crippen molar-refractivity contribution in [1.29, 1.82) is 0 Å². The lowest BCUT2D eigenvalue weighted by Crippen LogP contribution is -2.31. The molecule has 16 heavy (non-hydrogen) atoms. The van der Waals surface area contributed by atoms with Crippen LogP contribution in [-0.4, -0.2) is 33.8 Å². The average Bonchev–Trinajstić information content (AvgIpc) is 2.14. The Morgan fingerprint density at radius 1 is 1.25 bits per heavy atom. The van der Waals surface area contributed by atoms with Crippen LogP contribution in [0.5, 0.6) is 0 Å². The summed E-state index contributed by atoms with van der Waals surface area (Å²) in [6.07, 6.45) is 1.43. The number of thioether (sulfide) groups is 1. The van der Waals surface area contributed by atoms with Gasteiger partial charge in [0.25, 0.3) is 0 Å². The fourth-order valence-electron chi connectivity index (χ4n) is 1.15. The highest BCUT2D eigenvalue weighted by molar-refractivity contribution is 8.00. The minimum absolute atomic E-state index is 0.216. The maximum atomic E-state index is 11.4. The number of ether oxygens (including phenoxy) is 1. The highest BCUT2D eigenvalue weighted by atomic mass is 32.2. The van der Waals surface area contributed by atoms with E-state index in [1.807, 2.05) is 34.6 Å². The molecule has 0 spiro atoms. The Morgan fingerprint density at radius 2 is 1.75 bits per heavy atom. The lowest BCUT2D eigenvalue weighted by molar-refractivity contribution is -0.151. The summed E-state index contributed by atoms with van der Waals surface area (Å²) in [7, 11) is 0. The average molecular weight is 248 g/mol. The Hall–Kier alpha value is -0.220. The largest absolute Gasteiger partial charge is 0.459 e. The molecule has 0 saturated carbocycles. The molecule has 0 unspecified atom stereocenters. The first-order chi connectivity index (χ1) is 7.22. The summed E-state index contributed by atoms with van der Waals surface area (Å²) in [4.78, 5) is 11.4. The second kappa shape index (κ2) is 6.50. The van der Waals surface area contributed by atoms with E-state index in [2.05, 4.69) is 0 Å². The Labute approximate surface area is 103 Å². The number of esters is 1. The van der Waals surface area contributed by atoms with Gasteiger partial charge in [0.15, 0.2) is 0 Å². The van der Waals surface area contributed by atoms with Crippen LogP contribution >= 0.6 is 11.8 Å². The molecule has 0 rings (SSSR count). The lowest BCUT2D eigenvalue weighted by Gasteiger charge is -2.25. The highest BCUT2D eigenvalue weighted by Gasteiger charge is 2.23. The van der Waals surface area contributed by atoms with Crippen LogP contribution in [0, 0.1) is 0 Å². The molecule has 0 fully saturated rings. The molecule has 0 heterocycles. The van der Waals surface area contributed by atoms with Gasteiger partial charge >= 0.3 is 5.97 Å². The van der Waals surface area contributed by atoms with Gasteiger partial charge < -0.3 is 9.84 Å². The van der Waals surface area contributed by atoms with Gasteiger partial charge in [-0.1, -0.05) is 13.8 Å². The summed E-state index contributed by atoms with van der Waals surface area (Å²) in [6, 6.07) is 0. The van der Waals surface area contributed by atoms with Crippen molar-refractivity contribution in [3.8, 4) is 0 Å². The number of carbonyl (C=O) groups is 1. The summed E-state index contributed by atoms with van der Waals surface area (Å²) < 4.78 is 5.18. The molecule has 0 aliphatic rings. The van der Waals surface area contributed by atoms with Gasteiger partial charge in [-0.05, 0) is 33.6 Å². The molecule has 0 bridgehead atoms. The van der Waals surface area contributed by atoms with E-state index in [0.717, 1.165) is 0 Å².